The summed E-state index contributed by atoms with van der Waals surface area (Å²) < 4.78 is 36.8. The molecule has 0 fully saturated rings. The zero-order valence-corrected chi connectivity index (χ0v) is 6.91. The summed E-state index contributed by atoms with van der Waals surface area (Å²) in [6, 6.07) is 4.48. The van der Waals surface area contributed by atoms with Crippen molar-refractivity contribution in [1.29, 1.82) is 0 Å². The molecule has 0 heterocycles. The zero-order valence-electron chi connectivity index (χ0n) is 6.91. The van der Waals surface area contributed by atoms with Crippen LogP contribution < -0.4 is 0 Å². The average molecular weight is 205 g/mol. The van der Waals surface area contributed by atoms with E-state index in [1.807, 2.05) is 0 Å². The Morgan fingerprint density at radius 3 is 2.36 bits per heavy atom. The van der Waals surface area contributed by atoms with Crippen molar-refractivity contribution >= 4 is 0 Å². The molecule has 0 amide bonds. The summed E-state index contributed by atoms with van der Waals surface area (Å²) in [7, 11) is 0. The van der Waals surface area contributed by atoms with Gasteiger partial charge >= 0.3 is 6.18 Å². The quantitative estimate of drug-likeness (QED) is 0.549. The Labute approximate surface area is 77.3 Å². The molecule has 0 N–H and O–H groups in total. The molecule has 0 saturated heterocycles. The second-order valence-corrected chi connectivity index (χ2v) is 2.65. The molecule has 6 heteroatoms. The molecular weight excluding hydrogens is 199 g/mol. The minimum Gasteiger partial charge on any atom is -0.264 e. The third-order valence-corrected chi connectivity index (χ3v) is 1.62. The van der Waals surface area contributed by atoms with Crippen LogP contribution in [-0.4, -0.2) is 4.92 Å². The van der Waals surface area contributed by atoms with E-state index in [-0.39, 0.29) is 5.56 Å². The summed E-state index contributed by atoms with van der Waals surface area (Å²) in [5, 5.41) is 10.1. The van der Waals surface area contributed by atoms with Crippen LogP contribution in [0, 0.1) is 10.1 Å². The van der Waals surface area contributed by atoms with Crippen LogP contribution in [0.1, 0.15) is 11.1 Å². The normalized spacial score (nSPS) is 11.4. The van der Waals surface area contributed by atoms with E-state index < -0.39 is 23.2 Å². The highest BCUT2D eigenvalue weighted by molar-refractivity contribution is 5.28. The van der Waals surface area contributed by atoms with Gasteiger partial charge in [0.1, 0.15) is 0 Å². The van der Waals surface area contributed by atoms with Gasteiger partial charge in [-0.05, 0) is 6.07 Å². The van der Waals surface area contributed by atoms with Gasteiger partial charge in [0.15, 0.2) is 0 Å². The summed E-state index contributed by atoms with van der Waals surface area (Å²) >= 11 is 0. The van der Waals surface area contributed by atoms with E-state index >= 15 is 0 Å². The van der Waals surface area contributed by atoms with Gasteiger partial charge in [-0.3, -0.25) is 10.1 Å². The number of rotatable bonds is 2. The van der Waals surface area contributed by atoms with Gasteiger partial charge in [-0.2, -0.15) is 13.2 Å². The third-order valence-electron chi connectivity index (χ3n) is 1.62. The molecule has 0 aliphatic rings. The van der Waals surface area contributed by atoms with E-state index in [0.717, 1.165) is 12.1 Å². The van der Waals surface area contributed by atoms with Crippen molar-refractivity contribution in [1.82, 2.24) is 0 Å². The van der Waals surface area contributed by atoms with Crippen molar-refractivity contribution in [3.05, 3.63) is 45.5 Å². The molecule has 3 nitrogen and oxygen atoms in total. The lowest BCUT2D eigenvalue weighted by Gasteiger charge is -2.09. The Morgan fingerprint density at radius 2 is 1.86 bits per heavy atom. The van der Waals surface area contributed by atoms with E-state index in [4.69, 9.17) is 0 Å². The number of alkyl halides is 3. The smallest absolute Gasteiger partial charge is 0.264 e. The lowest BCUT2D eigenvalue weighted by atomic mass is 10.1. The van der Waals surface area contributed by atoms with Crippen LogP contribution in [-0.2, 0) is 12.7 Å². The van der Waals surface area contributed by atoms with Crippen molar-refractivity contribution in [3.8, 4) is 0 Å². The highest BCUT2D eigenvalue weighted by Gasteiger charge is 2.33. The summed E-state index contributed by atoms with van der Waals surface area (Å²) in [5.41, 5.74) is -1.26. The predicted octanol–water partition coefficient (Wildman–Crippen LogP) is 2.48. The fourth-order valence-electron chi connectivity index (χ4n) is 1.07. The summed E-state index contributed by atoms with van der Waals surface area (Å²) in [5.74, 6) is 0. The van der Waals surface area contributed by atoms with E-state index in [1.54, 1.807) is 0 Å². The molecule has 0 saturated carbocycles. The standard InChI is InChI=1S/C8H6F3NO2/c9-8(10,11)7-4-2-1-3-6(7)5-12(13)14/h1-4H,5H2. The van der Waals surface area contributed by atoms with Gasteiger partial charge in [0.25, 0.3) is 0 Å². The molecule has 0 atom stereocenters. The average Bonchev–Trinajstić information content (AvgIpc) is 2.01. The zero-order chi connectivity index (χ0) is 10.8. The summed E-state index contributed by atoms with van der Waals surface area (Å²) in [4.78, 5) is 9.30. The van der Waals surface area contributed by atoms with Gasteiger partial charge < -0.3 is 0 Å². The first kappa shape index (κ1) is 10.5. The molecule has 1 aromatic carbocycles. The molecule has 0 unspecified atom stereocenters. The van der Waals surface area contributed by atoms with E-state index in [9.17, 15) is 23.3 Å². The van der Waals surface area contributed by atoms with Crippen molar-refractivity contribution < 1.29 is 18.1 Å². The van der Waals surface area contributed by atoms with Crippen LogP contribution in [0.25, 0.3) is 0 Å². The second-order valence-electron chi connectivity index (χ2n) is 2.65. The van der Waals surface area contributed by atoms with Crippen molar-refractivity contribution in [2.45, 2.75) is 12.7 Å². The lowest BCUT2D eigenvalue weighted by molar-refractivity contribution is -0.497. The van der Waals surface area contributed by atoms with Crippen LogP contribution in [0.2, 0.25) is 0 Å². The van der Waals surface area contributed by atoms with Gasteiger partial charge in [-0.1, -0.05) is 18.2 Å². The van der Waals surface area contributed by atoms with Crippen molar-refractivity contribution in [2.24, 2.45) is 0 Å². The molecule has 76 valence electrons. The number of hydrogen-bond donors (Lipinski definition) is 0. The van der Waals surface area contributed by atoms with Crippen LogP contribution in [0.15, 0.2) is 24.3 Å². The lowest BCUT2D eigenvalue weighted by Crippen LogP contribution is -2.11. The van der Waals surface area contributed by atoms with Crippen LogP contribution in [0.4, 0.5) is 13.2 Å². The molecule has 0 aromatic heterocycles. The Balaban J connectivity index is 3.10. The maximum atomic E-state index is 12.3. The Bertz CT molecular complexity index is 349. The Morgan fingerprint density at radius 1 is 1.29 bits per heavy atom. The predicted molar refractivity (Wildman–Crippen MR) is 42.1 cm³/mol. The SMILES string of the molecule is O=[N+]([O-])Cc1ccccc1C(F)(F)F. The number of benzene rings is 1. The third kappa shape index (κ3) is 2.45. The Kier molecular flexibility index (Phi) is 2.73. The largest absolute Gasteiger partial charge is 0.416 e. The highest BCUT2D eigenvalue weighted by Crippen LogP contribution is 2.31. The number of nitro groups is 1. The molecule has 0 radical (unpaired) electrons. The van der Waals surface area contributed by atoms with E-state index in [1.165, 1.54) is 12.1 Å². The maximum Gasteiger partial charge on any atom is 0.416 e. The van der Waals surface area contributed by atoms with Crippen LogP contribution in [0.5, 0.6) is 0 Å². The van der Waals surface area contributed by atoms with Crippen LogP contribution >= 0.6 is 0 Å². The molecule has 1 aromatic rings. The molecule has 0 aliphatic carbocycles. The van der Waals surface area contributed by atoms with Gasteiger partial charge in [-0.15, -0.1) is 0 Å². The molecule has 1 rings (SSSR count). The second kappa shape index (κ2) is 3.65. The summed E-state index contributed by atoms with van der Waals surface area (Å²) in [6.45, 7) is -0.810. The van der Waals surface area contributed by atoms with Gasteiger partial charge in [0, 0.05) is 10.5 Å². The van der Waals surface area contributed by atoms with Crippen LogP contribution in [0.3, 0.4) is 0 Å². The summed E-state index contributed by atoms with van der Waals surface area (Å²) in [6.07, 6.45) is -4.54. The minimum absolute atomic E-state index is 0.315. The fraction of sp³-hybridized carbons (Fsp3) is 0.250. The highest BCUT2D eigenvalue weighted by atomic mass is 19.4. The van der Waals surface area contributed by atoms with Gasteiger partial charge in [-0.25, -0.2) is 0 Å². The first-order valence-corrected chi connectivity index (χ1v) is 3.68. The molecule has 0 spiro atoms. The molecule has 14 heavy (non-hydrogen) atoms. The number of halogens is 3. The molecule has 0 bridgehead atoms. The first-order valence-electron chi connectivity index (χ1n) is 3.68. The van der Waals surface area contributed by atoms with Gasteiger partial charge in [0.05, 0.1) is 5.56 Å². The van der Waals surface area contributed by atoms with Gasteiger partial charge in [0.2, 0.25) is 6.54 Å². The fourth-order valence-corrected chi connectivity index (χ4v) is 1.07. The first-order chi connectivity index (χ1) is 6.41. The van der Waals surface area contributed by atoms with E-state index in [0.29, 0.717) is 0 Å². The molecule has 0 aliphatic heterocycles. The van der Waals surface area contributed by atoms with Crippen molar-refractivity contribution in [3.63, 3.8) is 0 Å². The Hall–Kier alpha value is -1.59. The molecular formula is C8H6F3NO2. The maximum absolute atomic E-state index is 12.3. The number of nitrogens with zero attached hydrogens (tertiary/aromatic N) is 1. The number of hydrogen-bond acceptors (Lipinski definition) is 2. The van der Waals surface area contributed by atoms with E-state index in [2.05, 4.69) is 0 Å². The monoisotopic (exact) mass is 205 g/mol. The topological polar surface area (TPSA) is 43.1 Å². The minimum atomic E-state index is -4.54. The van der Waals surface area contributed by atoms with Crippen molar-refractivity contribution in [2.75, 3.05) is 0 Å².